The molecule has 3 unspecified atom stereocenters. The van der Waals surface area contributed by atoms with Gasteiger partial charge in [0.1, 0.15) is 0 Å². The van der Waals surface area contributed by atoms with E-state index in [-0.39, 0.29) is 18.1 Å². The van der Waals surface area contributed by atoms with Crippen LogP contribution in [0.5, 0.6) is 0 Å². The number of rotatable bonds is 3. The summed E-state index contributed by atoms with van der Waals surface area (Å²) in [5.41, 5.74) is 0. The molecule has 1 aliphatic carbocycles. The van der Waals surface area contributed by atoms with Crippen LogP contribution in [0.3, 0.4) is 0 Å². The second-order valence-electron chi connectivity index (χ2n) is 6.05. The summed E-state index contributed by atoms with van der Waals surface area (Å²) in [6.07, 6.45) is 6.29. The Balaban J connectivity index is 2.00. The Morgan fingerprint density at radius 2 is 1.94 bits per heavy atom. The van der Waals surface area contributed by atoms with Gasteiger partial charge in [-0.05, 0) is 39.8 Å². The minimum Gasteiger partial charge on any atom is -0.393 e. The number of amides is 1. The molecule has 0 aromatic rings. The highest BCUT2D eigenvalue weighted by molar-refractivity contribution is 5.78. The third-order valence-electron chi connectivity index (χ3n) is 4.35. The van der Waals surface area contributed by atoms with Crippen molar-refractivity contribution in [3.8, 4) is 0 Å². The van der Waals surface area contributed by atoms with Crippen LogP contribution in [0.4, 0.5) is 0 Å². The van der Waals surface area contributed by atoms with E-state index in [1.807, 2.05) is 23.9 Å². The monoisotopic (exact) mass is 254 g/mol. The molecule has 18 heavy (non-hydrogen) atoms. The van der Waals surface area contributed by atoms with E-state index >= 15 is 0 Å². The largest absolute Gasteiger partial charge is 0.393 e. The molecule has 0 aromatic carbocycles. The highest BCUT2D eigenvalue weighted by Crippen LogP contribution is 2.34. The second-order valence-corrected chi connectivity index (χ2v) is 6.05. The summed E-state index contributed by atoms with van der Waals surface area (Å²) in [5.74, 6) is 0.535. The molecule has 1 amide bonds. The van der Waals surface area contributed by atoms with E-state index < -0.39 is 0 Å². The lowest BCUT2D eigenvalue weighted by Gasteiger charge is -2.37. The molecule has 1 heterocycles. The number of carbonyl (C=O) groups excluding carboxylic acids is 1. The first-order chi connectivity index (χ1) is 8.59. The van der Waals surface area contributed by atoms with Crippen molar-refractivity contribution in [2.75, 3.05) is 27.2 Å². The van der Waals surface area contributed by atoms with Gasteiger partial charge in [0, 0.05) is 18.5 Å². The minimum absolute atomic E-state index is 0.198. The third kappa shape index (κ3) is 3.04. The lowest BCUT2D eigenvalue weighted by atomic mass is 9.80. The van der Waals surface area contributed by atoms with Crippen LogP contribution in [0.2, 0.25) is 0 Å². The Kier molecular flexibility index (Phi) is 4.62. The smallest absolute Gasteiger partial charge is 0.236 e. The van der Waals surface area contributed by atoms with E-state index in [2.05, 4.69) is 0 Å². The van der Waals surface area contributed by atoms with Gasteiger partial charge >= 0.3 is 0 Å². The Hall–Kier alpha value is -0.610. The van der Waals surface area contributed by atoms with Crippen molar-refractivity contribution in [3.05, 3.63) is 0 Å². The molecule has 1 saturated heterocycles. The van der Waals surface area contributed by atoms with Crippen LogP contribution in [0, 0.1) is 5.92 Å². The van der Waals surface area contributed by atoms with Gasteiger partial charge in [-0.25, -0.2) is 0 Å². The quantitative estimate of drug-likeness (QED) is 0.820. The van der Waals surface area contributed by atoms with Crippen LogP contribution < -0.4 is 0 Å². The summed E-state index contributed by atoms with van der Waals surface area (Å²) in [4.78, 5) is 16.2. The van der Waals surface area contributed by atoms with Crippen molar-refractivity contribution in [3.63, 3.8) is 0 Å². The van der Waals surface area contributed by atoms with Crippen LogP contribution in [-0.4, -0.2) is 60.1 Å². The Bertz CT molecular complexity index is 294. The lowest BCUT2D eigenvalue weighted by molar-refractivity contribution is -0.134. The van der Waals surface area contributed by atoms with Crippen LogP contribution in [-0.2, 0) is 4.79 Å². The van der Waals surface area contributed by atoms with Crippen molar-refractivity contribution in [2.24, 2.45) is 5.92 Å². The topological polar surface area (TPSA) is 43.8 Å². The molecule has 1 N–H and O–H groups in total. The van der Waals surface area contributed by atoms with E-state index in [9.17, 15) is 9.90 Å². The summed E-state index contributed by atoms with van der Waals surface area (Å²) >= 11 is 0. The van der Waals surface area contributed by atoms with Crippen LogP contribution >= 0.6 is 0 Å². The van der Waals surface area contributed by atoms with Gasteiger partial charge in [-0.1, -0.05) is 12.8 Å². The molecule has 4 heteroatoms. The number of likely N-dealkylation sites (N-methyl/N-ethyl adjacent to an activating group) is 1. The molecule has 2 aliphatic rings. The first-order valence-electron chi connectivity index (χ1n) is 7.22. The minimum atomic E-state index is -0.198. The summed E-state index contributed by atoms with van der Waals surface area (Å²) < 4.78 is 0. The molecule has 0 aromatic heterocycles. The SMILES string of the molecule is CN(C)CC(=O)N1CCCC1C1CCCCC1O. The van der Waals surface area contributed by atoms with Gasteiger partial charge < -0.3 is 14.9 Å². The number of nitrogens with zero attached hydrogens (tertiary/aromatic N) is 2. The maximum Gasteiger partial charge on any atom is 0.236 e. The highest BCUT2D eigenvalue weighted by atomic mass is 16.3. The number of hydrogen-bond donors (Lipinski definition) is 1. The van der Waals surface area contributed by atoms with Crippen molar-refractivity contribution in [2.45, 2.75) is 50.7 Å². The fourth-order valence-electron chi connectivity index (χ4n) is 3.50. The van der Waals surface area contributed by atoms with Crippen molar-refractivity contribution in [1.82, 2.24) is 9.80 Å². The number of aliphatic hydroxyl groups excluding tert-OH is 1. The van der Waals surface area contributed by atoms with E-state index in [0.29, 0.717) is 12.5 Å². The maximum absolute atomic E-state index is 12.2. The molecule has 1 aliphatic heterocycles. The average Bonchev–Trinajstić information content (AvgIpc) is 2.77. The zero-order valence-corrected chi connectivity index (χ0v) is 11.6. The van der Waals surface area contributed by atoms with E-state index in [1.165, 1.54) is 6.42 Å². The predicted molar refractivity (Wildman–Crippen MR) is 71.3 cm³/mol. The normalized spacial score (nSPS) is 33.1. The van der Waals surface area contributed by atoms with Crippen LogP contribution in [0.15, 0.2) is 0 Å². The number of likely N-dealkylation sites (tertiary alicyclic amines) is 1. The molecule has 0 spiro atoms. The molecule has 2 fully saturated rings. The van der Waals surface area contributed by atoms with Crippen molar-refractivity contribution in [1.29, 1.82) is 0 Å². The number of aliphatic hydroxyl groups is 1. The standard InChI is InChI=1S/C14H26N2O2/c1-15(2)10-14(18)16-9-5-7-12(16)11-6-3-4-8-13(11)17/h11-13,17H,3-10H2,1-2H3. The number of carbonyl (C=O) groups is 1. The summed E-state index contributed by atoms with van der Waals surface area (Å²) in [6.45, 7) is 1.36. The van der Waals surface area contributed by atoms with E-state index in [4.69, 9.17) is 0 Å². The molecule has 0 bridgehead atoms. The maximum atomic E-state index is 12.2. The molecule has 3 atom stereocenters. The third-order valence-corrected chi connectivity index (χ3v) is 4.35. The van der Waals surface area contributed by atoms with Gasteiger partial charge in [0.15, 0.2) is 0 Å². The summed E-state index contributed by atoms with van der Waals surface area (Å²) in [7, 11) is 3.86. The van der Waals surface area contributed by atoms with Crippen molar-refractivity contribution >= 4 is 5.91 Å². The highest BCUT2D eigenvalue weighted by Gasteiger charge is 2.38. The Morgan fingerprint density at radius 1 is 1.22 bits per heavy atom. The van der Waals surface area contributed by atoms with Gasteiger partial charge in [-0.3, -0.25) is 4.79 Å². The molecule has 0 radical (unpaired) electrons. The molecule has 1 saturated carbocycles. The first-order valence-corrected chi connectivity index (χ1v) is 7.22. The van der Waals surface area contributed by atoms with Gasteiger partial charge in [0.05, 0.1) is 12.6 Å². The van der Waals surface area contributed by atoms with Gasteiger partial charge in [-0.15, -0.1) is 0 Å². The zero-order chi connectivity index (χ0) is 13.1. The fraction of sp³-hybridized carbons (Fsp3) is 0.929. The van der Waals surface area contributed by atoms with E-state index in [0.717, 1.165) is 38.6 Å². The Morgan fingerprint density at radius 3 is 2.61 bits per heavy atom. The molecule has 104 valence electrons. The van der Waals surface area contributed by atoms with Crippen molar-refractivity contribution < 1.29 is 9.90 Å². The second kappa shape index (κ2) is 6.02. The average molecular weight is 254 g/mol. The van der Waals surface area contributed by atoms with Crippen LogP contribution in [0.25, 0.3) is 0 Å². The number of hydrogen-bond acceptors (Lipinski definition) is 3. The van der Waals surface area contributed by atoms with Gasteiger partial charge in [0.2, 0.25) is 5.91 Å². The molecule has 4 nitrogen and oxygen atoms in total. The van der Waals surface area contributed by atoms with Crippen LogP contribution in [0.1, 0.15) is 38.5 Å². The first kappa shape index (κ1) is 13.8. The molecular weight excluding hydrogens is 228 g/mol. The summed E-state index contributed by atoms with van der Waals surface area (Å²) in [6, 6.07) is 0.285. The fourth-order valence-corrected chi connectivity index (χ4v) is 3.50. The lowest BCUT2D eigenvalue weighted by Crippen LogP contribution is -2.47. The van der Waals surface area contributed by atoms with E-state index in [1.54, 1.807) is 0 Å². The Labute approximate surface area is 110 Å². The molecular formula is C14H26N2O2. The molecule has 2 rings (SSSR count). The summed E-state index contributed by atoms with van der Waals surface area (Å²) in [5, 5.41) is 10.2. The van der Waals surface area contributed by atoms with Gasteiger partial charge in [-0.2, -0.15) is 0 Å². The predicted octanol–water partition coefficient (Wildman–Crippen LogP) is 1.09. The van der Waals surface area contributed by atoms with Gasteiger partial charge in [0.25, 0.3) is 0 Å². The zero-order valence-electron chi connectivity index (χ0n) is 11.6.